The number of carbonyl (C=O) groups excluding carboxylic acids is 1. The third kappa shape index (κ3) is 2.47. The lowest BCUT2D eigenvalue weighted by molar-refractivity contribution is -0.133. The minimum atomic E-state index is -0.290. The van der Waals surface area contributed by atoms with Gasteiger partial charge in [0.1, 0.15) is 0 Å². The van der Waals surface area contributed by atoms with Crippen molar-refractivity contribution in [2.45, 2.75) is 62.7 Å². The predicted octanol–water partition coefficient (Wildman–Crippen LogP) is 3.80. The van der Waals surface area contributed by atoms with Gasteiger partial charge in [-0.25, -0.2) is 0 Å². The molecule has 1 saturated heterocycles. The monoisotopic (exact) mass is 365 g/mol. The summed E-state index contributed by atoms with van der Waals surface area (Å²) in [6, 6.07) is 10.3. The van der Waals surface area contributed by atoms with Gasteiger partial charge in [-0.2, -0.15) is 4.98 Å². The van der Waals surface area contributed by atoms with Crippen LogP contribution in [0, 0.1) is 5.92 Å². The summed E-state index contributed by atoms with van der Waals surface area (Å²) in [6.45, 7) is 5.71. The van der Waals surface area contributed by atoms with Crippen molar-refractivity contribution in [3.63, 3.8) is 0 Å². The maximum absolute atomic E-state index is 13.5. The molecular weight excluding hydrogens is 338 g/mol. The zero-order valence-electron chi connectivity index (χ0n) is 16.1. The van der Waals surface area contributed by atoms with Gasteiger partial charge in [-0.15, -0.1) is 0 Å². The first kappa shape index (κ1) is 17.0. The Morgan fingerprint density at radius 2 is 2.00 bits per heavy atom. The number of benzene rings is 1. The third-order valence-electron chi connectivity index (χ3n) is 7.02. The van der Waals surface area contributed by atoms with E-state index in [-0.39, 0.29) is 16.7 Å². The average molecular weight is 365 g/mol. The van der Waals surface area contributed by atoms with Crippen LogP contribution in [0.4, 0.5) is 0 Å². The van der Waals surface area contributed by atoms with Crippen LogP contribution in [0.15, 0.2) is 34.9 Å². The molecular formula is C22H27N3O2. The standard InChI is InChI=1S/C22H27N3O2/c1-15(2)18-23-19(24-27-18)22-10-6-9-17(22)13-25(14-22)20(26)21(11-12-21)16-7-4-3-5-8-16/h3-5,7-8,15,17H,6,9-14H2,1-2H3. The third-order valence-corrected chi connectivity index (χ3v) is 7.02. The highest BCUT2D eigenvalue weighted by atomic mass is 16.5. The highest BCUT2D eigenvalue weighted by molar-refractivity contribution is 5.91. The van der Waals surface area contributed by atoms with Crippen molar-refractivity contribution in [1.82, 2.24) is 15.0 Å². The van der Waals surface area contributed by atoms with Crippen LogP contribution in [-0.4, -0.2) is 34.0 Å². The second-order valence-electron chi connectivity index (χ2n) is 8.99. The molecule has 3 fully saturated rings. The quantitative estimate of drug-likeness (QED) is 0.827. The fourth-order valence-corrected chi connectivity index (χ4v) is 5.29. The van der Waals surface area contributed by atoms with E-state index in [0.717, 1.165) is 44.6 Å². The first-order valence-electron chi connectivity index (χ1n) is 10.2. The number of amides is 1. The van der Waals surface area contributed by atoms with E-state index in [0.29, 0.717) is 17.7 Å². The van der Waals surface area contributed by atoms with Crippen molar-refractivity contribution in [1.29, 1.82) is 0 Å². The van der Waals surface area contributed by atoms with Gasteiger partial charge in [0.05, 0.1) is 10.8 Å². The Kier molecular flexibility index (Phi) is 3.72. The van der Waals surface area contributed by atoms with Crippen LogP contribution in [0.5, 0.6) is 0 Å². The Bertz CT molecular complexity index is 855. The highest BCUT2D eigenvalue weighted by Gasteiger charge is 2.59. The zero-order valence-corrected chi connectivity index (χ0v) is 16.1. The van der Waals surface area contributed by atoms with Crippen molar-refractivity contribution in [2.75, 3.05) is 13.1 Å². The molecule has 2 heterocycles. The van der Waals surface area contributed by atoms with E-state index in [1.807, 2.05) is 18.2 Å². The molecule has 5 rings (SSSR count). The zero-order chi connectivity index (χ0) is 18.6. The summed E-state index contributed by atoms with van der Waals surface area (Å²) < 4.78 is 5.52. The molecule has 0 N–H and O–H groups in total. The Hall–Kier alpha value is -2.17. The Balaban J connectivity index is 1.43. The summed E-state index contributed by atoms with van der Waals surface area (Å²) >= 11 is 0. The summed E-state index contributed by atoms with van der Waals surface area (Å²) in [6.07, 6.45) is 5.31. The molecule has 1 aromatic heterocycles. The fourth-order valence-electron chi connectivity index (χ4n) is 5.29. The van der Waals surface area contributed by atoms with Crippen LogP contribution in [-0.2, 0) is 15.6 Å². The molecule has 0 bridgehead atoms. The van der Waals surface area contributed by atoms with Gasteiger partial charge in [0.2, 0.25) is 11.8 Å². The fraction of sp³-hybridized carbons (Fsp3) is 0.591. The van der Waals surface area contributed by atoms with Gasteiger partial charge in [-0.05, 0) is 37.2 Å². The molecule has 2 aromatic rings. The maximum atomic E-state index is 13.5. The Labute approximate surface area is 160 Å². The lowest BCUT2D eigenvalue weighted by Crippen LogP contribution is -2.40. The van der Waals surface area contributed by atoms with E-state index in [1.54, 1.807) is 0 Å². The van der Waals surface area contributed by atoms with Crippen LogP contribution in [0.25, 0.3) is 0 Å². The molecule has 5 heteroatoms. The minimum Gasteiger partial charge on any atom is -0.341 e. The second-order valence-corrected chi connectivity index (χ2v) is 8.99. The van der Waals surface area contributed by atoms with E-state index in [1.165, 1.54) is 12.0 Å². The number of carbonyl (C=O) groups is 1. The second kappa shape index (κ2) is 5.91. The Morgan fingerprint density at radius 3 is 2.67 bits per heavy atom. The first-order chi connectivity index (χ1) is 13.1. The molecule has 1 amide bonds. The van der Waals surface area contributed by atoms with E-state index in [4.69, 9.17) is 9.51 Å². The van der Waals surface area contributed by atoms with E-state index in [9.17, 15) is 4.79 Å². The molecule has 142 valence electrons. The van der Waals surface area contributed by atoms with Crippen LogP contribution in [0.3, 0.4) is 0 Å². The van der Waals surface area contributed by atoms with Crippen LogP contribution in [0.2, 0.25) is 0 Å². The van der Waals surface area contributed by atoms with Gasteiger partial charge >= 0.3 is 0 Å². The van der Waals surface area contributed by atoms with Gasteiger partial charge < -0.3 is 9.42 Å². The van der Waals surface area contributed by atoms with E-state index in [2.05, 4.69) is 36.0 Å². The molecule has 2 atom stereocenters. The molecule has 2 unspecified atom stereocenters. The summed E-state index contributed by atoms with van der Waals surface area (Å²) in [7, 11) is 0. The smallest absolute Gasteiger partial charge is 0.233 e. The molecule has 1 aromatic carbocycles. The molecule has 0 radical (unpaired) electrons. The molecule has 2 aliphatic carbocycles. The first-order valence-corrected chi connectivity index (χ1v) is 10.2. The van der Waals surface area contributed by atoms with Crippen molar-refractivity contribution in [3.8, 4) is 0 Å². The lowest BCUT2D eigenvalue weighted by atomic mass is 9.80. The van der Waals surface area contributed by atoms with Gasteiger partial charge in [-0.1, -0.05) is 55.8 Å². The van der Waals surface area contributed by atoms with Gasteiger partial charge in [0, 0.05) is 19.0 Å². The number of hydrogen-bond donors (Lipinski definition) is 0. The number of hydrogen-bond acceptors (Lipinski definition) is 4. The average Bonchev–Trinajstić information content (AvgIpc) is 3.02. The van der Waals surface area contributed by atoms with Gasteiger partial charge in [0.25, 0.3) is 0 Å². The topological polar surface area (TPSA) is 59.2 Å². The molecule has 0 spiro atoms. The van der Waals surface area contributed by atoms with E-state index < -0.39 is 0 Å². The molecule has 2 saturated carbocycles. The maximum Gasteiger partial charge on any atom is 0.233 e. The van der Waals surface area contributed by atoms with Gasteiger partial charge in [-0.3, -0.25) is 4.79 Å². The normalized spacial score (nSPS) is 28.6. The predicted molar refractivity (Wildman–Crippen MR) is 101 cm³/mol. The van der Waals surface area contributed by atoms with Crippen molar-refractivity contribution in [2.24, 2.45) is 5.92 Å². The highest BCUT2D eigenvalue weighted by Crippen LogP contribution is 2.54. The number of fused-ring (bicyclic) bond motifs is 1. The van der Waals surface area contributed by atoms with Crippen LogP contribution in [0.1, 0.15) is 69.1 Å². The molecule has 5 nitrogen and oxygen atoms in total. The molecule has 3 aliphatic rings. The molecule has 1 aliphatic heterocycles. The SMILES string of the molecule is CC(C)c1nc(C23CCCC2CN(C(=O)C2(c4ccccc4)CC2)C3)no1. The number of aromatic nitrogens is 2. The number of likely N-dealkylation sites (tertiary alicyclic amines) is 1. The molecule has 27 heavy (non-hydrogen) atoms. The summed E-state index contributed by atoms with van der Waals surface area (Å²) in [5.41, 5.74) is 0.767. The van der Waals surface area contributed by atoms with E-state index >= 15 is 0 Å². The summed E-state index contributed by atoms with van der Waals surface area (Å²) in [4.78, 5) is 20.4. The van der Waals surface area contributed by atoms with Crippen molar-refractivity contribution in [3.05, 3.63) is 47.6 Å². The van der Waals surface area contributed by atoms with Crippen molar-refractivity contribution < 1.29 is 9.32 Å². The minimum absolute atomic E-state index is 0.112. The lowest BCUT2D eigenvalue weighted by Gasteiger charge is -2.27. The number of nitrogens with zero attached hydrogens (tertiary/aromatic N) is 3. The summed E-state index contributed by atoms with van der Waals surface area (Å²) in [5, 5.41) is 4.36. The van der Waals surface area contributed by atoms with Gasteiger partial charge in [0.15, 0.2) is 5.82 Å². The largest absolute Gasteiger partial charge is 0.341 e. The van der Waals surface area contributed by atoms with Crippen LogP contribution >= 0.6 is 0 Å². The number of rotatable bonds is 4. The summed E-state index contributed by atoms with van der Waals surface area (Å²) in [5.74, 6) is 2.52. The van der Waals surface area contributed by atoms with Crippen LogP contribution < -0.4 is 0 Å². The Morgan fingerprint density at radius 1 is 1.22 bits per heavy atom. The van der Waals surface area contributed by atoms with Crippen molar-refractivity contribution >= 4 is 5.91 Å².